The van der Waals surface area contributed by atoms with Gasteiger partial charge in [-0.1, -0.05) is 25.1 Å². The maximum absolute atomic E-state index is 13.0. The van der Waals surface area contributed by atoms with E-state index in [9.17, 15) is 10.1 Å². The van der Waals surface area contributed by atoms with Gasteiger partial charge in [-0.25, -0.2) is 0 Å². The highest BCUT2D eigenvalue weighted by Gasteiger charge is 2.34. The molecule has 5 nitrogen and oxygen atoms in total. The van der Waals surface area contributed by atoms with Gasteiger partial charge in [0.25, 0.3) is 5.91 Å². The molecule has 0 saturated carbocycles. The van der Waals surface area contributed by atoms with E-state index in [-0.39, 0.29) is 18.1 Å². The Labute approximate surface area is 159 Å². The van der Waals surface area contributed by atoms with Crippen molar-refractivity contribution < 1.29 is 14.3 Å². The van der Waals surface area contributed by atoms with Crippen LogP contribution in [0.4, 0.5) is 0 Å². The molecule has 2 aromatic rings. The Balaban J connectivity index is 1.51. The number of fused-ring (bicyclic) bond motifs is 1. The predicted molar refractivity (Wildman–Crippen MR) is 101 cm³/mol. The number of rotatable bonds is 3. The number of nitriles is 1. The Bertz CT molecular complexity index is 918. The van der Waals surface area contributed by atoms with Crippen molar-refractivity contribution in [2.45, 2.75) is 26.2 Å². The molecule has 1 saturated heterocycles. The van der Waals surface area contributed by atoms with Crippen molar-refractivity contribution >= 4 is 5.91 Å². The van der Waals surface area contributed by atoms with Crippen LogP contribution in [0.1, 0.15) is 41.3 Å². The molecule has 1 atom stereocenters. The van der Waals surface area contributed by atoms with Crippen molar-refractivity contribution in [2.75, 3.05) is 19.9 Å². The van der Waals surface area contributed by atoms with Gasteiger partial charge >= 0.3 is 0 Å². The molecule has 4 rings (SSSR count). The van der Waals surface area contributed by atoms with Gasteiger partial charge in [0.1, 0.15) is 0 Å². The summed E-state index contributed by atoms with van der Waals surface area (Å²) in [7, 11) is 0. The van der Waals surface area contributed by atoms with Crippen LogP contribution < -0.4 is 9.47 Å². The third-order valence-electron chi connectivity index (χ3n) is 5.41. The van der Waals surface area contributed by atoms with E-state index in [0.717, 1.165) is 37.3 Å². The first kappa shape index (κ1) is 17.4. The summed E-state index contributed by atoms with van der Waals surface area (Å²) in [5, 5.41) is 9.30. The molecule has 0 spiro atoms. The van der Waals surface area contributed by atoms with E-state index >= 15 is 0 Å². The summed E-state index contributed by atoms with van der Waals surface area (Å²) in [5.41, 5.74) is 2.11. The van der Waals surface area contributed by atoms with Gasteiger partial charge in [0, 0.05) is 13.1 Å². The molecule has 138 valence electrons. The van der Waals surface area contributed by atoms with E-state index in [1.165, 1.54) is 5.56 Å². The number of amides is 1. The monoisotopic (exact) mass is 362 g/mol. The fourth-order valence-corrected chi connectivity index (χ4v) is 4.11. The van der Waals surface area contributed by atoms with Gasteiger partial charge in [-0.3, -0.25) is 4.79 Å². The fourth-order valence-electron chi connectivity index (χ4n) is 4.11. The van der Waals surface area contributed by atoms with Crippen LogP contribution in [-0.2, 0) is 6.42 Å². The lowest BCUT2D eigenvalue weighted by Gasteiger charge is -2.41. The zero-order chi connectivity index (χ0) is 18.9. The van der Waals surface area contributed by atoms with Gasteiger partial charge in [-0.15, -0.1) is 0 Å². The molecule has 2 aliphatic heterocycles. The van der Waals surface area contributed by atoms with Crippen LogP contribution in [0.15, 0.2) is 42.5 Å². The maximum atomic E-state index is 13.0. The quantitative estimate of drug-likeness (QED) is 0.834. The first-order chi connectivity index (χ1) is 13.1. The first-order valence-corrected chi connectivity index (χ1v) is 9.25. The summed E-state index contributed by atoms with van der Waals surface area (Å²) >= 11 is 0. The molecule has 0 aliphatic carbocycles. The van der Waals surface area contributed by atoms with E-state index in [2.05, 4.69) is 19.1 Å². The van der Waals surface area contributed by atoms with Crippen molar-refractivity contribution in [3.8, 4) is 17.6 Å². The Morgan fingerprint density at radius 1 is 1.22 bits per heavy atom. The van der Waals surface area contributed by atoms with Crippen molar-refractivity contribution in [1.82, 2.24) is 4.90 Å². The summed E-state index contributed by atoms with van der Waals surface area (Å²) in [6.07, 6.45) is 2.89. The van der Waals surface area contributed by atoms with Crippen LogP contribution >= 0.6 is 0 Å². The molecule has 5 heteroatoms. The number of hydrogen-bond acceptors (Lipinski definition) is 4. The fraction of sp³-hybridized carbons (Fsp3) is 0.364. The summed E-state index contributed by atoms with van der Waals surface area (Å²) in [5.74, 6) is 1.53. The Morgan fingerprint density at radius 2 is 2.04 bits per heavy atom. The second-order valence-corrected chi connectivity index (χ2v) is 7.66. The lowest BCUT2D eigenvalue weighted by molar-refractivity contribution is 0.0550. The minimum Gasteiger partial charge on any atom is -0.454 e. The second kappa shape index (κ2) is 6.96. The molecule has 1 amide bonds. The SMILES string of the molecule is C[C@@]1(Cc2ccc3c(c2)OCO3)CCCN(C(=O)c2ccccc2C#N)C1. The zero-order valence-electron chi connectivity index (χ0n) is 15.4. The zero-order valence-corrected chi connectivity index (χ0v) is 15.4. The van der Waals surface area contributed by atoms with Gasteiger partial charge in [-0.05, 0) is 54.5 Å². The Kier molecular flexibility index (Phi) is 4.49. The molecule has 0 radical (unpaired) electrons. The number of likely N-dealkylation sites (tertiary alicyclic amines) is 1. The molecular formula is C22H22N2O3. The minimum absolute atomic E-state index is 0.0107. The third kappa shape index (κ3) is 3.48. The number of hydrogen-bond donors (Lipinski definition) is 0. The maximum Gasteiger partial charge on any atom is 0.255 e. The van der Waals surface area contributed by atoms with Gasteiger partial charge in [-0.2, -0.15) is 5.26 Å². The molecule has 2 heterocycles. The molecule has 2 aromatic carbocycles. The number of ether oxygens (including phenoxy) is 2. The smallest absolute Gasteiger partial charge is 0.255 e. The van der Waals surface area contributed by atoms with Crippen molar-refractivity contribution in [3.63, 3.8) is 0 Å². The number of benzene rings is 2. The van der Waals surface area contributed by atoms with Gasteiger partial charge in [0.15, 0.2) is 11.5 Å². The van der Waals surface area contributed by atoms with E-state index in [1.807, 2.05) is 23.1 Å². The lowest BCUT2D eigenvalue weighted by Crippen LogP contribution is -2.46. The number of carbonyl (C=O) groups is 1. The number of nitrogens with zero attached hydrogens (tertiary/aromatic N) is 2. The van der Waals surface area contributed by atoms with E-state index < -0.39 is 0 Å². The molecule has 2 aliphatic rings. The van der Waals surface area contributed by atoms with Gasteiger partial charge in [0.2, 0.25) is 6.79 Å². The van der Waals surface area contributed by atoms with Crippen LogP contribution in [0, 0.1) is 16.7 Å². The predicted octanol–water partition coefficient (Wildman–Crippen LogP) is 3.77. The van der Waals surface area contributed by atoms with Gasteiger partial charge < -0.3 is 14.4 Å². The molecule has 0 aromatic heterocycles. The molecule has 0 N–H and O–H groups in total. The number of piperidine rings is 1. The number of carbonyl (C=O) groups excluding carboxylic acids is 1. The minimum atomic E-state index is -0.0521. The van der Waals surface area contributed by atoms with Crippen LogP contribution in [0.5, 0.6) is 11.5 Å². The van der Waals surface area contributed by atoms with Crippen molar-refractivity contribution in [2.24, 2.45) is 5.41 Å². The second-order valence-electron chi connectivity index (χ2n) is 7.66. The summed E-state index contributed by atoms with van der Waals surface area (Å²) < 4.78 is 10.9. The summed E-state index contributed by atoms with van der Waals surface area (Å²) in [6.45, 7) is 3.92. The standard InChI is InChI=1S/C22H22N2O3/c1-22(12-16-7-8-19-20(11-16)27-15-26-19)9-4-10-24(14-22)21(25)18-6-3-2-5-17(18)13-23/h2-3,5-8,11H,4,9-10,12,14-15H2,1H3/t22-/m0/s1. The van der Waals surface area contributed by atoms with E-state index in [0.29, 0.717) is 17.7 Å². The van der Waals surface area contributed by atoms with Crippen LogP contribution in [0.2, 0.25) is 0 Å². The molecule has 0 bridgehead atoms. The average Bonchev–Trinajstić information content (AvgIpc) is 3.15. The largest absolute Gasteiger partial charge is 0.454 e. The normalized spacial score (nSPS) is 21.0. The summed E-state index contributed by atoms with van der Waals surface area (Å²) in [6, 6.07) is 15.2. The van der Waals surface area contributed by atoms with Crippen LogP contribution in [-0.4, -0.2) is 30.7 Å². The van der Waals surface area contributed by atoms with Crippen molar-refractivity contribution in [3.05, 3.63) is 59.2 Å². The van der Waals surface area contributed by atoms with E-state index in [1.54, 1.807) is 18.2 Å². The highest BCUT2D eigenvalue weighted by molar-refractivity contribution is 5.96. The van der Waals surface area contributed by atoms with Gasteiger partial charge in [0.05, 0.1) is 17.2 Å². The molecule has 0 unspecified atom stereocenters. The molecular weight excluding hydrogens is 340 g/mol. The third-order valence-corrected chi connectivity index (χ3v) is 5.41. The average molecular weight is 362 g/mol. The van der Waals surface area contributed by atoms with Crippen LogP contribution in [0.25, 0.3) is 0 Å². The Hall–Kier alpha value is -3.00. The lowest BCUT2D eigenvalue weighted by atomic mass is 9.76. The molecule has 27 heavy (non-hydrogen) atoms. The Morgan fingerprint density at radius 3 is 2.89 bits per heavy atom. The van der Waals surface area contributed by atoms with Crippen LogP contribution in [0.3, 0.4) is 0 Å². The highest BCUT2D eigenvalue weighted by atomic mass is 16.7. The van der Waals surface area contributed by atoms with E-state index in [4.69, 9.17) is 9.47 Å². The topological polar surface area (TPSA) is 62.6 Å². The first-order valence-electron chi connectivity index (χ1n) is 9.25. The molecule has 1 fully saturated rings. The highest BCUT2D eigenvalue weighted by Crippen LogP contribution is 2.38. The van der Waals surface area contributed by atoms with Crippen molar-refractivity contribution in [1.29, 1.82) is 5.26 Å². The summed E-state index contributed by atoms with van der Waals surface area (Å²) in [4.78, 5) is 14.9.